The molecule has 3 rings (SSSR count). The van der Waals surface area contributed by atoms with Crippen molar-refractivity contribution in [2.75, 3.05) is 13.2 Å². The highest BCUT2D eigenvalue weighted by atomic mass is 16.5. The lowest BCUT2D eigenvalue weighted by Crippen LogP contribution is -2.36. The monoisotopic (exact) mass is 258 g/mol. The van der Waals surface area contributed by atoms with E-state index in [-0.39, 0.29) is 0 Å². The quantitative estimate of drug-likeness (QED) is 0.884. The second-order valence-corrected chi connectivity index (χ2v) is 5.52. The van der Waals surface area contributed by atoms with Gasteiger partial charge < -0.3 is 15.0 Å². The first kappa shape index (κ1) is 12.7. The van der Waals surface area contributed by atoms with Crippen molar-refractivity contribution in [2.24, 2.45) is 5.92 Å². The molecular formula is C16H22N2O. The maximum Gasteiger partial charge on any atom is 0.0469 e. The number of benzene rings is 1. The molecule has 102 valence electrons. The van der Waals surface area contributed by atoms with Crippen molar-refractivity contribution in [3.63, 3.8) is 0 Å². The summed E-state index contributed by atoms with van der Waals surface area (Å²) in [6.45, 7) is 5.08. The molecule has 1 unspecified atom stereocenters. The molecule has 1 aromatic heterocycles. The number of fused-ring (bicyclic) bond motifs is 1. The van der Waals surface area contributed by atoms with Crippen LogP contribution in [0.1, 0.15) is 25.3 Å². The van der Waals surface area contributed by atoms with E-state index in [0.29, 0.717) is 6.04 Å². The van der Waals surface area contributed by atoms with Gasteiger partial charge in [0.05, 0.1) is 0 Å². The number of aromatic amines is 1. The smallest absolute Gasteiger partial charge is 0.0469 e. The summed E-state index contributed by atoms with van der Waals surface area (Å²) >= 11 is 0. The van der Waals surface area contributed by atoms with Crippen LogP contribution in [-0.4, -0.2) is 24.2 Å². The molecule has 2 heterocycles. The minimum atomic E-state index is 0.559. The Labute approximate surface area is 114 Å². The minimum Gasteiger partial charge on any atom is -0.381 e. The van der Waals surface area contributed by atoms with Gasteiger partial charge in [-0.15, -0.1) is 0 Å². The van der Waals surface area contributed by atoms with E-state index in [2.05, 4.69) is 41.5 Å². The number of hydrogen-bond acceptors (Lipinski definition) is 2. The average Bonchev–Trinajstić information content (AvgIpc) is 2.93. The Morgan fingerprint density at radius 3 is 3.00 bits per heavy atom. The van der Waals surface area contributed by atoms with Gasteiger partial charge in [0, 0.05) is 37.5 Å². The fraction of sp³-hybridized carbons (Fsp3) is 0.500. The van der Waals surface area contributed by atoms with E-state index in [4.69, 9.17) is 4.74 Å². The summed E-state index contributed by atoms with van der Waals surface area (Å²) in [4.78, 5) is 3.27. The lowest BCUT2D eigenvalue weighted by Gasteiger charge is -2.28. The molecule has 0 bridgehead atoms. The largest absolute Gasteiger partial charge is 0.381 e. The summed E-state index contributed by atoms with van der Waals surface area (Å²) in [7, 11) is 0. The predicted octanol–water partition coefficient (Wildman–Crippen LogP) is 3.07. The van der Waals surface area contributed by atoms with E-state index >= 15 is 0 Å². The number of H-pyrrole nitrogens is 1. The highest BCUT2D eigenvalue weighted by molar-refractivity contribution is 5.79. The Bertz CT molecular complexity index is 528. The van der Waals surface area contributed by atoms with Crippen molar-refractivity contribution in [1.29, 1.82) is 0 Å². The molecule has 3 nitrogen and oxygen atoms in total. The van der Waals surface area contributed by atoms with E-state index in [0.717, 1.165) is 25.7 Å². The Morgan fingerprint density at radius 2 is 2.16 bits per heavy atom. The zero-order chi connectivity index (χ0) is 13.1. The average molecular weight is 258 g/mol. The molecule has 1 atom stereocenters. The van der Waals surface area contributed by atoms with Gasteiger partial charge in [-0.2, -0.15) is 0 Å². The number of aromatic nitrogens is 1. The van der Waals surface area contributed by atoms with E-state index in [1.807, 2.05) is 6.20 Å². The minimum absolute atomic E-state index is 0.559. The molecule has 0 spiro atoms. The van der Waals surface area contributed by atoms with Crippen LogP contribution >= 0.6 is 0 Å². The predicted molar refractivity (Wildman–Crippen MR) is 78.1 cm³/mol. The zero-order valence-corrected chi connectivity index (χ0v) is 11.5. The van der Waals surface area contributed by atoms with Crippen LogP contribution in [0.15, 0.2) is 30.5 Å². The van der Waals surface area contributed by atoms with Gasteiger partial charge in [0.2, 0.25) is 0 Å². The Balaban J connectivity index is 1.58. The Kier molecular flexibility index (Phi) is 3.85. The summed E-state index contributed by atoms with van der Waals surface area (Å²) in [6, 6.07) is 9.29. The van der Waals surface area contributed by atoms with Crippen LogP contribution in [0.5, 0.6) is 0 Å². The fourth-order valence-corrected chi connectivity index (χ4v) is 2.87. The highest BCUT2D eigenvalue weighted by Crippen LogP contribution is 2.19. The Morgan fingerprint density at radius 1 is 1.32 bits per heavy atom. The molecule has 1 aliphatic heterocycles. The normalized spacial score (nSPS) is 18.8. The van der Waals surface area contributed by atoms with Gasteiger partial charge in [0.1, 0.15) is 0 Å². The molecule has 1 aliphatic rings. The van der Waals surface area contributed by atoms with Crippen LogP contribution in [0.3, 0.4) is 0 Å². The second kappa shape index (κ2) is 5.76. The van der Waals surface area contributed by atoms with Gasteiger partial charge in [-0.3, -0.25) is 0 Å². The molecule has 19 heavy (non-hydrogen) atoms. The van der Waals surface area contributed by atoms with Crippen LogP contribution in [0.4, 0.5) is 0 Å². The molecule has 0 aliphatic carbocycles. The van der Waals surface area contributed by atoms with Crippen molar-refractivity contribution >= 4 is 10.9 Å². The van der Waals surface area contributed by atoms with Crippen molar-refractivity contribution in [3.8, 4) is 0 Å². The third kappa shape index (κ3) is 2.99. The summed E-state index contributed by atoms with van der Waals surface area (Å²) < 4.78 is 5.42. The molecule has 0 radical (unpaired) electrons. The summed E-state index contributed by atoms with van der Waals surface area (Å²) in [5, 5.41) is 4.93. The molecule has 1 fully saturated rings. The third-order valence-corrected chi connectivity index (χ3v) is 4.22. The summed E-state index contributed by atoms with van der Waals surface area (Å²) in [5.41, 5.74) is 2.56. The first-order valence-electron chi connectivity index (χ1n) is 7.20. The van der Waals surface area contributed by atoms with Crippen molar-refractivity contribution < 1.29 is 4.74 Å². The molecule has 0 saturated carbocycles. The third-order valence-electron chi connectivity index (χ3n) is 4.22. The maximum absolute atomic E-state index is 5.42. The van der Waals surface area contributed by atoms with Gasteiger partial charge in [-0.05, 0) is 48.8 Å². The fourth-order valence-electron chi connectivity index (χ4n) is 2.87. The summed E-state index contributed by atoms with van der Waals surface area (Å²) in [5.74, 6) is 0.753. The number of nitrogens with one attached hydrogen (secondary N) is 2. The van der Waals surface area contributed by atoms with Gasteiger partial charge in [0.25, 0.3) is 0 Å². The van der Waals surface area contributed by atoms with Crippen molar-refractivity contribution in [2.45, 2.75) is 32.4 Å². The maximum atomic E-state index is 5.42. The summed E-state index contributed by atoms with van der Waals surface area (Å²) in [6.07, 6.45) is 4.36. The van der Waals surface area contributed by atoms with Gasteiger partial charge in [-0.1, -0.05) is 12.1 Å². The number of hydrogen-bond donors (Lipinski definition) is 2. The molecule has 0 amide bonds. The SMILES string of the molecule is CC(NCc1ccc2cc[nH]c2c1)C1CCOCC1. The first-order valence-corrected chi connectivity index (χ1v) is 7.20. The number of rotatable bonds is 4. The lowest BCUT2D eigenvalue weighted by atomic mass is 9.93. The molecule has 1 aromatic carbocycles. The zero-order valence-electron chi connectivity index (χ0n) is 11.5. The standard InChI is InChI=1S/C16H22N2O/c1-12(14-5-8-19-9-6-14)18-11-13-2-3-15-4-7-17-16(15)10-13/h2-4,7,10,12,14,17-18H,5-6,8-9,11H2,1H3. The molecule has 3 heteroatoms. The highest BCUT2D eigenvalue weighted by Gasteiger charge is 2.19. The van der Waals surface area contributed by atoms with E-state index in [9.17, 15) is 0 Å². The molecule has 2 N–H and O–H groups in total. The van der Waals surface area contributed by atoms with Crippen molar-refractivity contribution in [1.82, 2.24) is 10.3 Å². The molecule has 2 aromatic rings. The van der Waals surface area contributed by atoms with Crippen LogP contribution in [0.2, 0.25) is 0 Å². The number of ether oxygens (including phenoxy) is 1. The molecule has 1 saturated heterocycles. The van der Waals surface area contributed by atoms with E-state index < -0.39 is 0 Å². The Hall–Kier alpha value is -1.32. The van der Waals surface area contributed by atoms with Crippen LogP contribution in [-0.2, 0) is 11.3 Å². The molecular weight excluding hydrogens is 236 g/mol. The van der Waals surface area contributed by atoms with Crippen LogP contribution in [0.25, 0.3) is 10.9 Å². The van der Waals surface area contributed by atoms with E-state index in [1.54, 1.807) is 0 Å². The van der Waals surface area contributed by atoms with Gasteiger partial charge >= 0.3 is 0 Å². The topological polar surface area (TPSA) is 37.0 Å². The van der Waals surface area contributed by atoms with Gasteiger partial charge in [-0.25, -0.2) is 0 Å². The lowest BCUT2D eigenvalue weighted by molar-refractivity contribution is 0.0558. The second-order valence-electron chi connectivity index (χ2n) is 5.52. The van der Waals surface area contributed by atoms with Crippen LogP contribution in [0, 0.1) is 5.92 Å². The van der Waals surface area contributed by atoms with E-state index in [1.165, 1.54) is 29.3 Å². The van der Waals surface area contributed by atoms with Crippen LogP contribution < -0.4 is 5.32 Å². The van der Waals surface area contributed by atoms with Gasteiger partial charge in [0.15, 0.2) is 0 Å². The van der Waals surface area contributed by atoms with Crippen molar-refractivity contribution in [3.05, 3.63) is 36.0 Å². The first-order chi connectivity index (χ1) is 9.33.